The quantitative estimate of drug-likeness (QED) is 0.0946. The molecule has 714 valence electrons. The third-order valence-corrected chi connectivity index (χ3v) is 29.8. The molecule has 0 spiro atoms. The van der Waals surface area contributed by atoms with E-state index < -0.39 is 0 Å². The van der Waals surface area contributed by atoms with Gasteiger partial charge in [0.25, 0.3) is 0 Å². The van der Waals surface area contributed by atoms with Gasteiger partial charge in [-0.15, -0.1) is 0 Å². The minimum Gasteiger partial charge on any atom is -0.344 e. The molecule has 2 unspecified atom stereocenters. The Morgan fingerprint density at radius 2 is 0.508 bits per heavy atom. The maximum Gasteiger partial charge on any atom is 0.0441 e. The Morgan fingerprint density at radius 1 is 0.231 bits per heavy atom. The molecule has 0 bridgehead atoms. The van der Waals surface area contributed by atoms with Gasteiger partial charge >= 0.3 is 0 Å². The summed E-state index contributed by atoms with van der Waals surface area (Å²) in [5, 5.41) is 0. The van der Waals surface area contributed by atoms with Crippen molar-refractivity contribution in [1.82, 2.24) is 18.3 Å². The second kappa shape index (κ2) is 48.6. The predicted octanol–water partition coefficient (Wildman–Crippen LogP) is 37.9. The maximum atomic E-state index is 2.49. The molecule has 0 amide bonds. The van der Waals surface area contributed by atoms with Crippen LogP contribution in [0.25, 0.3) is 24.6 Å². The summed E-state index contributed by atoms with van der Waals surface area (Å²) >= 11 is 0. The van der Waals surface area contributed by atoms with Crippen LogP contribution >= 0.6 is 0 Å². The van der Waals surface area contributed by atoms with Crippen molar-refractivity contribution in [3.05, 3.63) is 277 Å². The number of aromatic nitrogens is 4. The van der Waals surface area contributed by atoms with Crippen molar-refractivity contribution in [3.8, 4) is 0 Å². The van der Waals surface area contributed by atoms with Crippen LogP contribution in [0.3, 0.4) is 0 Å². The summed E-state index contributed by atoms with van der Waals surface area (Å²) in [5.41, 5.74) is 46.5. The Hall–Kier alpha value is -7.56. The average molecular weight is 1760 g/mol. The third-order valence-electron chi connectivity index (χ3n) is 29.8. The molecule has 14 aliphatic rings. The highest BCUT2D eigenvalue weighted by atomic mass is 15.0. The molecular weight excluding hydrogens is 1570 g/mol. The Bertz CT molecular complexity index is 4610. The lowest BCUT2D eigenvalue weighted by molar-refractivity contribution is 0.399. The lowest BCUT2D eigenvalue weighted by Gasteiger charge is -2.16. The first kappa shape index (κ1) is 108. The lowest BCUT2D eigenvalue weighted by atomic mass is 9.89. The van der Waals surface area contributed by atoms with Crippen molar-refractivity contribution in [3.63, 3.8) is 0 Å². The second-order valence-electron chi connectivity index (χ2n) is 45.7. The molecule has 8 heterocycles. The van der Waals surface area contributed by atoms with Gasteiger partial charge in [0.1, 0.15) is 0 Å². The van der Waals surface area contributed by atoms with Crippen molar-refractivity contribution in [2.24, 2.45) is 94.7 Å². The van der Waals surface area contributed by atoms with Gasteiger partial charge in [0, 0.05) is 85.9 Å². The highest BCUT2D eigenvalue weighted by Gasteiger charge is 2.33. The number of nitrogens with zero attached hydrogens (tertiary/aromatic N) is 4. The fourth-order valence-corrected chi connectivity index (χ4v) is 19.3. The fraction of sp³-hybridized carbons (Fsp3) is 0.587. The molecule has 10 aliphatic carbocycles. The molecule has 2 atom stereocenters. The number of rotatable bonds is 18. The molecule has 4 aliphatic heterocycles. The summed E-state index contributed by atoms with van der Waals surface area (Å²) in [6.45, 7) is 92.3. The van der Waals surface area contributed by atoms with E-state index in [4.69, 9.17) is 0 Å². The Kier molecular flexibility index (Phi) is 40.3. The van der Waals surface area contributed by atoms with Gasteiger partial charge in [-0.3, -0.25) is 0 Å². The summed E-state index contributed by atoms with van der Waals surface area (Å²) in [7, 11) is 0. The van der Waals surface area contributed by atoms with Crippen LogP contribution in [-0.4, -0.2) is 18.3 Å². The Balaban J connectivity index is 0.000000180. The SMILES string of the molecule is CC.CC.CC(C)C1=CC2=C(C1)CC(C(C)C)=C2.CC(C)C1=CC2=C(C1)CC(C(C)C)C2.CC(C)C1=CC2=C(C1)CC(C(C)C)C2.CC(C)C1=CC2=C(C=C(C(C)C)C2)C1.CC(C)C1=CC2=CC(C(C)C)=CC2=C1.CC(C)C1=Cc2cc(C(C)C)cn2C1.CC(C)C1=Cc2cc(C(C)C)cn2C1.CC(C)C1=Cn2cc(C(C)C)cc2C1.CC(C)C1=Cn2cc(C(C)C)cc2C1. The summed E-state index contributed by atoms with van der Waals surface area (Å²) in [5.74, 6) is 14.5. The summed E-state index contributed by atoms with van der Waals surface area (Å²) in [4.78, 5) is 0. The van der Waals surface area contributed by atoms with E-state index in [1.165, 1.54) is 137 Å². The summed E-state index contributed by atoms with van der Waals surface area (Å²) in [6, 6.07) is 9.33. The third kappa shape index (κ3) is 28.8. The summed E-state index contributed by atoms with van der Waals surface area (Å²) in [6.07, 6.45) is 57.6. The van der Waals surface area contributed by atoms with Crippen molar-refractivity contribution in [1.29, 1.82) is 0 Å². The molecule has 18 rings (SSSR count). The van der Waals surface area contributed by atoms with E-state index in [0.29, 0.717) is 59.2 Å². The molecule has 4 nitrogen and oxygen atoms in total. The smallest absolute Gasteiger partial charge is 0.0441 e. The van der Waals surface area contributed by atoms with Crippen LogP contribution in [0, 0.1) is 94.7 Å². The molecule has 0 saturated heterocycles. The van der Waals surface area contributed by atoms with Crippen LogP contribution in [0.2, 0.25) is 0 Å². The molecule has 4 aromatic rings. The van der Waals surface area contributed by atoms with Gasteiger partial charge in [-0.2, -0.15) is 0 Å². The van der Waals surface area contributed by atoms with Gasteiger partial charge in [-0.05, 0) is 314 Å². The van der Waals surface area contributed by atoms with Crippen molar-refractivity contribution >= 4 is 24.6 Å². The zero-order valence-electron chi connectivity index (χ0n) is 90.9. The highest BCUT2D eigenvalue weighted by molar-refractivity contribution is 5.66. The Morgan fingerprint density at radius 3 is 0.762 bits per heavy atom. The van der Waals surface area contributed by atoms with E-state index in [1.54, 1.807) is 94.7 Å². The minimum absolute atomic E-state index is 0.643. The maximum absolute atomic E-state index is 2.49. The molecular formula is C126H190N4. The number of hydrogen-bond donors (Lipinski definition) is 0. The molecule has 0 radical (unpaired) electrons. The van der Waals surface area contributed by atoms with Crippen LogP contribution < -0.4 is 0 Å². The van der Waals surface area contributed by atoms with E-state index in [-0.39, 0.29) is 0 Å². The minimum atomic E-state index is 0.643. The molecule has 0 fully saturated rings. The van der Waals surface area contributed by atoms with Gasteiger partial charge in [0.05, 0.1) is 0 Å². The molecule has 130 heavy (non-hydrogen) atoms. The van der Waals surface area contributed by atoms with Crippen LogP contribution in [0.15, 0.2) is 232 Å². The first-order valence-electron chi connectivity index (χ1n) is 52.8. The van der Waals surface area contributed by atoms with Crippen LogP contribution in [0.5, 0.6) is 0 Å². The van der Waals surface area contributed by atoms with Gasteiger partial charge in [-0.1, -0.05) is 388 Å². The molecule has 0 N–H and O–H groups in total. The van der Waals surface area contributed by atoms with Gasteiger partial charge < -0.3 is 18.3 Å². The number of allylic oxidation sites excluding steroid dienone is 32. The number of hydrogen-bond acceptors (Lipinski definition) is 0. The predicted molar refractivity (Wildman–Crippen MR) is 579 cm³/mol. The molecule has 4 heteroatoms. The topological polar surface area (TPSA) is 19.7 Å². The first-order valence-corrected chi connectivity index (χ1v) is 52.8. The van der Waals surface area contributed by atoms with Crippen molar-refractivity contribution in [2.75, 3.05) is 0 Å². The largest absolute Gasteiger partial charge is 0.344 e. The van der Waals surface area contributed by atoms with Gasteiger partial charge in [0.15, 0.2) is 0 Å². The fourth-order valence-electron chi connectivity index (χ4n) is 19.3. The van der Waals surface area contributed by atoms with E-state index in [0.717, 1.165) is 85.1 Å². The standard InChI is InChI=1S/2C14H22.2C14H20.C14H18.4C13H19N.2C2H6/c5*1-9(2)11-5-13-7-12(10(3)4)8-14(13)6-11;4*1-9(2)11-5-13-6-12(10(3)4)8-14(13)7-11;2*1-2/h2*5,9-10,12H,6-8H2,1-4H3;5,8-10H,6-7H2,1-4H3;5,7,9-10H,6,8H2,1-4H3;5-10H,1-4H3;2*5,7-10H,6H2,1-4H3;2*5-7,9-10H,8H2,1-4H3;2*1-2H3. The molecule has 0 saturated carbocycles. The molecule has 0 aromatic carbocycles. The van der Waals surface area contributed by atoms with Crippen LogP contribution in [0.4, 0.5) is 0 Å². The van der Waals surface area contributed by atoms with Crippen LogP contribution in [-0.2, 0) is 25.9 Å². The normalized spacial score (nSPS) is 18.9. The van der Waals surface area contributed by atoms with E-state index in [1.807, 2.05) is 27.7 Å². The highest BCUT2D eigenvalue weighted by Crippen LogP contribution is 2.49. The van der Waals surface area contributed by atoms with E-state index >= 15 is 0 Å². The first-order chi connectivity index (χ1) is 61.2. The monoisotopic (exact) mass is 1760 g/mol. The van der Waals surface area contributed by atoms with Gasteiger partial charge in [0.2, 0.25) is 0 Å². The summed E-state index contributed by atoms with van der Waals surface area (Å²) < 4.78 is 9.32. The zero-order chi connectivity index (χ0) is 96.6. The van der Waals surface area contributed by atoms with E-state index in [2.05, 4.69) is 402 Å². The number of fused-ring (bicyclic) bond motifs is 5. The van der Waals surface area contributed by atoms with Crippen molar-refractivity contribution in [2.45, 2.75) is 391 Å². The second-order valence-corrected chi connectivity index (χ2v) is 45.7. The van der Waals surface area contributed by atoms with Crippen LogP contribution in [0.1, 0.15) is 410 Å². The van der Waals surface area contributed by atoms with Gasteiger partial charge in [-0.25, -0.2) is 0 Å². The van der Waals surface area contributed by atoms with E-state index in [9.17, 15) is 0 Å². The van der Waals surface area contributed by atoms with Crippen molar-refractivity contribution < 1.29 is 0 Å². The molecule has 4 aromatic heterocycles. The lowest BCUT2D eigenvalue weighted by Crippen LogP contribution is -2.05. The Labute approximate surface area is 800 Å². The average Bonchev–Trinajstić information content (AvgIpc) is 1.72. The zero-order valence-corrected chi connectivity index (χ0v) is 90.9.